The molecule has 1 aliphatic carbocycles. The Bertz CT molecular complexity index is 1370. The second-order valence-electron chi connectivity index (χ2n) is 12.0. The molecule has 0 atom stereocenters. The van der Waals surface area contributed by atoms with Gasteiger partial charge in [-0.1, -0.05) is 108 Å². The molecule has 5 heteroatoms. The molecule has 0 saturated carbocycles. The summed E-state index contributed by atoms with van der Waals surface area (Å²) in [6.07, 6.45) is 17.8. The molecule has 45 heavy (non-hydrogen) atoms. The number of carbonyl (C=O) groups is 2. The number of fused-ring (bicyclic) bond motifs is 1. The van der Waals surface area contributed by atoms with E-state index in [0.29, 0.717) is 36.3 Å². The topological polar surface area (TPSA) is 61.8 Å². The summed E-state index contributed by atoms with van der Waals surface area (Å²) in [7, 11) is 0. The minimum atomic E-state index is -0.398. The lowest BCUT2D eigenvalue weighted by Crippen LogP contribution is -2.13. The smallest absolute Gasteiger partial charge is 0.343 e. The molecule has 0 heterocycles. The van der Waals surface area contributed by atoms with E-state index in [1.165, 1.54) is 44.9 Å². The molecule has 240 valence electrons. The number of ether oxygens (including phenoxy) is 3. The van der Waals surface area contributed by atoms with E-state index >= 15 is 0 Å². The van der Waals surface area contributed by atoms with Gasteiger partial charge in [-0.25, -0.2) is 9.59 Å². The van der Waals surface area contributed by atoms with Gasteiger partial charge in [-0.3, -0.25) is 0 Å². The number of esters is 2. The second kappa shape index (κ2) is 18.8. The number of unbranched alkanes of at least 4 members (excludes halogenated alkanes) is 10. The first-order valence-corrected chi connectivity index (χ1v) is 17.1. The van der Waals surface area contributed by atoms with Gasteiger partial charge in [0.2, 0.25) is 0 Å². The zero-order valence-corrected chi connectivity index (χ0v) is 27.3. The van der Waals surface area contributed by atoms with Gasteiger partial charge in [0.15, 0.2) is 0 Å². The fourth-order valence-corrected chi connectivity index (χ4v) is 5.61. The van der Waals surface area contributed by atoms with E-state index in [2.05, 4.69) is 26.0 Å². The van der Waals surface area contributed by atoms with E-state index in [0.717, 1.165) is 66.7 Å². The van der Waals surface area contributed by atoms with Gasteiger partial charge in [0.25, 0.3) is 0 Å². The highest BCUT2D eigenvalue weighted by atomic mass is 16.5. The summed E-state index contributed by atoms with van der Waals surface area (Å²) >= 11 is 0. The Labute approximate surface area is 270 Å². The van der Waals surface area contributed by atoms with Crippen LogP contribution in [0.2, 0.25) is 0 Å². The first-order valence-electron chi connectivity index (χ1n) is 17.1. The molecule has 0 aliphatic heterocycles. The molecule has 0 bridgehead atoms. The van der Waals surface area contributed by atoms with Gasteiger partial charge in [0.1, 0.15) is 11.5 Å². The first-order chi connectivity index (χ1) is 22.1. The van der Waals surface area contributed by atoms with Gasteiger partial charge >= 0.3 is 11.9 Å². The number of carbonyl (C=O) groups excluding carboxylic acids is 2. The standard InChI is InChI=1S/C40H50O5/c1-3-5-7-9-10-11-12-14-27-43-37-24-21-32(22-25-37)31-15-17-33(18-16-31)40(42)45-38-26-23-34-29-36(20-19-35(34)30-38)39(41)44-28-13-8-6-4-2/h15-18,21-26,29-30H,3-14,19-20,27-28H2,1-2H3. The lowest BCUT2D eigenvalue weighted by Gasteiger charge is -2.17. The SMILES string of the molecule is CCCCCCCCCCOc1ccc(-c2ccc(C(=O)Oc3ccc4c(c3)CCC(C(=O)OCCCCCC)=C4)cc2)cc1. The number of benzene rings is 3. The molecule has 3 aromatic carbocycles. The first kappa shape index (κ1) is 34.0. The van der Waals surface area contributed by atoms with Crippen molar-refractivity contribution in [2.45, 2.75) is 104 Å². The molecule has 0 N–H and O–H groups in total. The van der Waals surface area contributed by atoms with Crippen molar-refractivity contribution in [3.63, 3.8) is 0 Å². The molecule has 0 spiro atoms. The fraction of sp³-hybridized carbons (Fsp3) is 0.450. The Hall–Kier alpha value is -3.86. The highest BCUT2D eigenvalue weighted by molar-refractivity contribution is 5.95. The van der Waals surface area contributed by atoms with E-state index in [1.54, 1.807) is 18.2 Å². The van der Waals surface area contributed by atoms with E-state index in [4.69, 9.17) is 14.2 Å². The maximum atomic E-state index is 12.9. The van der Waals surface area contributed by atoms with Gasteiger partial charge in [-0.05, 0) is 90.4 Å². The molecule has 0 fully saturated rings. The van der Waals surface area contributed by atoms with Crippen molar-refractivity contribution < 1.29 is 23.8 Å². The van der Waals surface area contributed by atoms with Crippen LogP contribution in [0.3, 0.4) is 0 Å². The minimum absolute atomic E-state index is 0.227. The molecule has 5 nitrogen and oxygen atoms in total. The summed E-state index contributed by atoms with van der Waals surface area (Å²) in [6.45, 7) is 5.64. The van der Waals surface area contributed by atoms with Crippen LogP contribution >= 0.6 is 0 Å². The van der Waals surface area contributed by atoms with E-state index < -0.39 is 5.97 Å². The molecular weight excluding hydrogens is 560 g/mol. The number of aryl methyl sites for hydroxylation is 1. The van der Waals surface area contributed by atoms with Crippen LogP contribution in [-0.4, -0.2) is 25.2 Å². The van der Waals surface area contributed by atoms with Gasteiger partial charge in [0, 0.05) is 5.57 Å². The van der Waals surface area contributed by atoms with Crippen LogP contribution in [0.15, 0.2) is 72.3 Å². The molecule has 0 saturated heterocycles. The zero-order valence-electron chi connectivity index (χ0n) is 27.3. The van der Waals surface area contributed by atoms with Crippen molar-refractivity contribution in [3.8, 4) is 22.6 Å². The minimum Gasteiger partial charge on any atom is -0.494 e. The Kier molecular flexibility index (Phi) is 14.2. The van der Waals surface area contributed by atoms with Gasteiger partial charge in [-0.15, -0.1) is 0 Å². The third-order valence-corrected chi connectivity index (χ3v) is 8.39. The molecule has 0 aromatic heterocycles. The molecular formula is C40H50O5. The summed E-state index contributed by atoms with van der Waals surface area (Å²) in [5.41, 5.74) is 5.30. The zero-order chi connectivity index (χ0) is 31.7. The maximum Gasteiger partial charge on any atom is 0.343 e. The van der Waals surface area contributed by atoms with Crippen molar-refractivity contribution >= 4 is 18.0 Å². The summed E-state index contributed by atoms with van der Waals surface area (Å²) in [5.74, 6) is 0.761. The Balaban J connectivity index is 1.22. The van der Waals surface area contributed by atoms with Crippen LogP contribution in [0.25, 0.3) is 17.2 Å². The van der Waals surface area contributed by atoms with Gasteiger partial charge in [0.05, 0.1) is 18.8 Å². The van der Waals surface area contributed by atoms with Crippen molar-refractivity contribution in [1.29, 1.82) is 0 Å². The lowest BCUT2D eigenvalue weighted by atomic mass is 9.92. The number of rotatable bonds is 19. The highest BCUT2D eigenvalue weighted by Gasteiger charge is 2.19. The Morgan fingerprint density at radius 1 is 0.600 bits per heavy atom. The van der Waals surface area contributed by atoms with E-state index in [1.807, 2.05) is 42.5 Å². The third kappa shape index (κ3) is 11.2. The summed E-state index contributed by atoms with van der Waals surface area (Å²) < 4.78 is 17.1. The molecule has 0 radical (unpaired) electrons. The van der Waals surface area contributed by atoms with Crippen LogP contribution in [0.1, 0.15) is 119 Å². The molecule has 1 aliphatic rings. The summed E-state index contributed by atoms with van der Waals surface area (Å²) in [5, 5.41) is 0. The monoisotopic (exact) mass is 610 g/mol. The highest BCUT2D eigenvalue weighted by Crippen LogP contribution is 2.29. The van der Waals surface area contributed by atoms with Crippen molar-refractivity contribution in [1.82, 2.24) is 0 Å². The normalized spacial score (nSPS) is 12.3. The lowest BCUT2D eigenvalue weighted by molar-refractivity contribution is -0.139. The predicted octanol–water partition coefficient (Wildman–Crippen LogP) is 10.5. The molecule has 3 aromatic rings. The van der Waals surface area contributed by atoms with Crippen molar-refractivity contribution in [2.24, 2.45) is 0 Å². The van der Waals surface area contributed by atoms with Crippen molar-refractivity contribution in [3.05, 3.63) is 89.0 Å². The average Bonchev–Trinajstić information content (AvgIpc) is 3.07. The summed E-state index contributed by atoms with van der Waals surface area (Å²) in [4.78, 5) is 25.4. The number of hydrogen-bond acceptors (Lipinski definition) is 5. The van der Waals surface area contributed by atoms with E-state index in [-0.39, 0.29) is 5.97 Å². The molecule has 0 unspecified atom stereocenters. The van der Waals surface area contributed by atoms with Crippen LogP contribution in [-0.2, 0) is 16.0 Å². The van der Waals surface area contributed by atoms with Gasteiger partial charge < -0.3 is 14.2 Å². The van der Waals surface area contributed by atoms with Crippen LogP contribution in [0.5, 0.6) is 11.5 Å². The molecule has 4 rings (SSSR count). The third-order valence-electron chi connectivity index (χ3n) is 8.39. The second-order valence-corrected chi connectivity index (χ2v) is 12.0. The number of hydrogen-bond donors (Lipinski definition) is 0. The molecule has 0 amide bonds. The summed E-state index contributed by atoms with van der Waals surface area (Å²) in [6, 6.07) is 21.2. The van der Waals surface area contributed by atoms with Crippen LogP contribution < -0.4 is 9.47 Å². The van der Waals surface area contributed by atoms with Crippen LogP contribution in [0, 0.1) is 0 Å². The van der Waals surface area contributed by atoms with Crippen molar-refractivity contribution in [2.75, 3.05) is 13.2 Å². The average molecular weight is 611 g/mol. The largest absolute Gasteiger partial charge is 0.494 e. The Morgan fingerprint density at radius 3 is 1.87 bits per heavy atom. The quantitative estimate of drug-likeness (QED) is 0.0768. The predicted molar refractivity (Wildman–Crippen MR) is 183 cm³/mol. The van der Waals surface area contributed by atoms with Crippen LogP contribution in [0.4, 0.5) is 0 Å². The van der Waals surface area contributed by atoms with Gasteiger partial charge in [-0.2, -0.15) is 0 Å². The maximum absolute atomic E-state index is 12.9. The fourth-order valence-electron chi connectivity index (χ4n) is 5.61. The Morgan fingerprint density at radius 2 is 1.18 bits per heavy atom. The van der Waals surface area contributed by atoms with E-state index in [9.17, 15) is 9.59 Å².